The van der Waals surface area contributed by atoms with Gasteiger partial charge in [0.15, 0.2) is 17.4 Å². The number of aliphatic hydroxyl groups excluding tert-OH is 1. The number of nitrogens with one attached hydrogen (secondary N) is 1. The second-order valence-corrected chi connectivity index (χ2v) is 4.72. The standard InChI is InChI=1S/C12H12F3NO3/c13-7-3-6(8(14)10(18)9(7)15)11(19)16-4-12(5-17)1-2-12/h3,17-18H,1-2,4-5H2,(H,16,19). The molecule has 0 heterocycles. The smallest absolute Gasteiger partial charge is 0.254 e. The molecule has 0 radical (unpaired) electrons. The van der Waals surface area contributed by atoms with Gasteiger partial charge in [0.2, 0.25) is 5.82 Å². The first-order valence-electron chi connectivity index (χ1n) is 5.66. The molecule has 1 aliphatic carbocycles. The topological polar surface area (TPSA) is 69.6 Å². The Morgan fingerprint density at radius 3 is 2.47 bits per heavy atom. The Labute approximate surface area is 106 Å². The van der Waals surface area contributed by atoms with Crippen LogP contribution in [0.5, 0.6) is 5.75 Å². The molecule has 1 saturated carbocycles. The summed E-state index contributed by atoms with van der Waals surface area (Å²) in [6.07, 6.45) is 1.46. The molecule has 2 rings (SSSR count). The van der Waals surface area contributed by atoms with Crippen molar-refractivity contribution in [3.63, 3.8) is 0 Å². The van der Waals surface area contributed by atoms with Gasteiger partial charge in [0.1, 0.15) is 0 Å². The van der Waals surface area contributed by atoms with Crippen molar-refractivity contribution in [2.75, 3.05) is 13.2 Å². The maximum absolute atomic E-state index is 13.4. The number of hydrogen-bond acceptors (Lipinski definition) is 3. The average Bonchev–Trinajstić information content (AvgIpc) is 3.18. The van der Waals surface area contributed by atoms with Gasteiger partial charge in [-0.3, -0.25) is 4.79 Å². The summed E-state index contributed by atoms with van der Waals surface area (Å²) in [5, 5.41) is 20.4. The van der Waals surface area contributed by atoms with Gasteiger partial charge in [-0.1, -0.05) is 0 Å². The van der Waals surface area contributed by atoms with E-state index in [1.165, 1.54) is 0 Å². The molecule has 1 aromatic carbocycles. The Morgan fingerprint density at radius 1 is 1.32 bits per heavy atom. The van der Waals surface area contributed by atoms with Crippen LogP contribution < -0.4 is 5.32 Å². The Kier molecular flexibility index (Phi) is 3.40. The van der Waals surface area contributed by atoms with Crippen LogP contribution in [0.4, 0.5) is 13.2 Å². The number of benzene rings is 1. The van der Waals surface area contributed by atoms with E-state index >= 15 is 0 Å². The molecule has 1 fully saturated rings. The summed E-state index contributed by atoms with van der Waals surface area (Å²) in [7, 11) is 0. The second kappa shape index (κ2) is 4.73. The molecule has 4 nitrogen and oxygen atoms in total. The fourth-order valence-corrected chi connectivity index (χ4v) is 1.69. The van der Waals surface area contributed by atoms with Crippen molar-refractivity contribution >= 4 is 5.91 Å². The fraction of sp³-hybridized carbons (Fsp3) is 0.417. The number of halogens is 3. The van der Waals surface area contributed by atoms with Crippen LogP contribution in [0.2, 0.25) is 0 Å². The molecule has 1 aromatic rings. The van der Waals surface area contributed by atoms with Gasteiger partial charge in [-0.25, -0.2) is 8.78 Å². The molecule has 7 heteroatoms. The molecule has 0 unspecified atom stereocenters. The molecule has 0 saturated heterocycles. The first-order chi connectivity index (χ1) is 8.90. The van der Waals surface area contributed by atoms with E-state index in [0.29, 0.717) is 6.07 Å². The minimum Gasteiger partial charge on any atom is -0.503 e. The largest absolute Gasteiger partial charge is 0.503 e. The number of aliphatic hydroxyl groups is 1. The van der Waals surface area contributed by atoms with E-state index in [-0.39, 0.29) is 13.2 Å². The van der Waals surface area contributed by atoms with Crippen LogP contribution in [0.25, 0.3) is 0 Å². The molecule has 1 aliphatic rings. The molecule has 0 atom stereocenters. The van der Waals surface area contributed by atoms with Gasteiger partial charge in [0, 0.05) is 12.0 Å². The molecule has 1 amide bonds. The summed E-state index contributed by atoms with van der Waals surface area (Å²) >= 11 is 0. The maximum atomic E-state index is 13.4. The summed E-state index contributed by atoms with van der Waals surface area (Å²) in [6.45, 7) is 0.000319. The Bertz CT molecular complexity index is 529. The molecule has 104 valence electrons. The van der Waals surface area contributed by atoms with Crippen molar-refractivity contribution in [2.45, 2.75) is 12.8 Å². The van der Waals surface area contributed by atoms with Crippen molar-refractivity contribution in [3.05, 3.63) is 29.1 Å². The molecule has 0 spiro atoms. The van der Waals surface area contributed by atoms with Crippen molar-refractivity contribution in [1.82, 2.24) is 5.32 Å². The highest BCUT2D eigenvalue weighted by molar-refractivity contribution is 5.95. The highest BCUT2D eigenvalue weighted by Crippen LogP contribution is 2.44. The summed E-state index contributed by atoms with van der Waals surface area (Å²) in [6, 6.07) is 0.387. The number of phenols is 1. The van der Waals surface area contributed by atoms with Gasteiger partial charge in [-0.15, -0.1) is 0 Å². The van der Waals surface area contributed by atoms with Gasteiger partial charge in [-0.2, -0.15) is 4.39 Å². The predicted octanol–water partition coefficient (Wildman–Crippen LogP) is 1.31. The van der Waals surface area contributed by atoms with Crippen LogP contribution in [-0.2, 0) is 0 Å². The number of phenolic OH excluding ortho intramolecular Hbond substituents is 1. The van der Waals surface area contributed by atoms with E-state index in [1.54, 1.807) is 0 Å². The Hall–Kier alpha value is -1.76. The molecule has 19 heavy (non-hydrogen) atoms. The Morgan fingerprint density at radius 2 is 1.95 bits per heavy atom. The lowest BCUT2D eigenvalue weighted by molar-refractivity contribution is 0.0929. The number of hydrogen-bond donors (Lipinski definition) is 3. The lowest BCUT2D eigenvalue weighted by Gasteiger charge is -2.13. The number of amides is 1. The van der Waals surface area contributed by atoms with Crippen LogP contribution in [0, 0.1) is 22.9 Å². The van der Waals surface area contributed by atoms with E-state index in [4.69, 9.17) is 10.2 Å². The minimum absolute atomic E-state index is 0.112. The minimum atomic E-state index is -1.73. The van der Waals surface area contributed by atoms with Gasteiger partial charge in [-0.05, 0) is 18.9 Å². The zero-order valence-corrected chi connectivity index (χ0v) is 9.84. The lowest BCUT2D eigenvalue weighted by Crippen LogP contribution is -2.32. The zero-order chi connectivity index (χ0) is 14.2. The quantitative estimate of drug-likeness (QED) is 0.726. The van der Waals surface area contributed by atoms with E-state index in [1.807, 2.05) is 0 Å². The fourth-order valence-electron chi connectivity index (χ4n) is 1.69. The highest BCUT2D eigenvalue weighted by Gasteiger charge is 2.42. The van der Waals surface area contributed by atoms with Crippen LogP contribution >= 0.6 is 0 Å². The van der Waals surface area contributed by atoms with E-state index < -0.39 is 40.1 Å². The number of rotatable bonds is 4. The maximum Gasteiger partial charge on any atom is 0.254 e. The summed E-state index contributed by atoms with van der Waals surface area (Å²) < 4.78 is 39.3. The van der Waals surface area contributed by atoms with E-state index in [9.17, 15) is 18.0 Å². The first kappa shape index (κ1) is 13.7. The van der Waals surface area contributed by atoms with Crippen LogP contribution in [0.1, 0.15) is 23.2 Å². The molecule has 0 aromatic heterocycles. The van der Waals surface area contributed by atoms with Crippen molar-refractivity contribution in [1.29, 1.82) is 0 Å². The second-order valence-electron chi connectivity index (χ2n) is 4.72. The van der Waals surface area contributed by atoms with Crippen molar-refractivity contribution in [3.8, 4) is 5.75 Å². The van der Waals surface area contributed by atoms with E-state index in [2.05, 4.69) is 5.32 Å². The average molecular weight is 275 g/mol. The van der Waals surface area contributed by atoms with Crippen molar-refractivity contribution < 1.29 is 28.2 Å². The summed E-state index contributed by atoms with van der Waals surface area (Å²) in [4.78, 5) is 11.6. The molecule has 0 bridgehead atoms. The highest BCUT2D eigenvalue weighted by atomic mass is 19.2. The molecule has 3 N–H and O–H groups in total. The SMILES string of the molecule is O=C(NCC1(CO)CC1)c1cc(F)c(F)c(O)c1F. The summed E-state index contributed by atoms with van der Waals surface area (Å²) in [5.41, 5.74) is -1.17. The van der Waals surface area contributed by atoms with Gasteiger partial charge < -0.3 is 15.5 Å². The lowest BCUT2D eigenvalue weighted by atomic mass is 10.1. The monoisotopic (exact) mass is 275 g/mol. The van der Waals surface area contributed by atoms with Gasteiger partial charge in [0.05, 0.1) is 12.2 Å². The van der Waals surface area contributed by atoms with Crippen LogP contribution in [-0.4, -0.2) is 29.3 Å². The molecular weight excluding hydrogens is 263 g/mol. The predicted molar refractivity (Wildman–Crippen MR) is 59.1 cm³/mol. The molecular formula is C12H12F3NO3. The number of carbonyl (C=O) groups is 1. The van der Waals surface area contributed by atoms with Crippen LogP contribution in [0.15, 0.2) is 6.07 Å². The third-order valence-corrected chi connectivity index (χ3v) is 3.29. The Balaban J connectivity index is 2.15. The van der Waals surface area contributed by atoms with Crippen molar-refractivity contribution in [2.24, 2.45) is 5.41 Å². The van der Waals surface area contributed by atoms with Crippen LogP contribution in [0.3, 0.4) is 0 Å². The number of aromatic hydroxyl groups is 1. The molecule has 0 aliphatic heterocycles. The van der Waals surface area contributed by atoms with Gasteiger partial charge >= 0.3 is 0 Å². The first-order valence-corrected chi connectivity index (χ1v) is 5.66. The van der Waals surface area contributed by atoms with E-state index in [0.717, 1.165) is 12.8 Å². The van der Waals surface area contributed by atoms with Gasteiger partial charge in [0.25, 0.3) is 5.91 Å². The third kappa shape index (κ3) is 2.51. The summed E-state index contributed by atoms with van der Waals surface area (Å²) in [5.74, 6) is -7.24. The zero-order valence-electron chi connectivity index (χ0n) is 9.84. The third-order valence-electron chi connectivity index (χ3n) is 3.29. The number of carbonyl (C=O) groups excluding carboxylic acids is 1. The normalized spacial score (nSPS) is 16.2.